The van der Waals surface area contributed by atoms with Crippen molar-refractivity contribution in [2.75, 3.05) is 17.8 Å². The van der Waals surface area contributed by atoms with E-state index in [1.54, 1.807) is 0 Å². The van der Waals surface area contributed by atoms with Crippen LogP contribution in [0.2, 0.25) is 5.02 Å². The molecule has 110 valence electrons. The molecule has 0 amide bonds. The minimum absolute atomic E-state index is 0.122. The van der Waals surface area contributed by atoms with Crippen LogP contribution in [0.4, 0.5) is 5.69 Å². The van der Waals surface area contributed by atoms with Gasteiger partial charge in [0.1, 0.15) is 0 Å². The lowest BCUT2D eigenvalue weighted by molar-refractivity contribution is 0.318. The molecule has 0 unspecified atom stereocenters. The van der Waals surface area contributed by atoms with E-state index >= 15 is 0 Å². The van der Waals surface area contributed by atoms with Crippen LogP contribution >= 0.6 is 11.6 Å². The molecule has 1 aromatic carbocycles. The Morgan fingerprint density at radius 3 is 2.65 bits per heavy atom. The summed E-state index contributed by atoms with van der Waals surface area (Å²) in [5.74, 6) is -0.122. The van der Waals surface area contributed by atoms with Crippen molar-refractivity contribution in [3.63, 3.8) is 0 Å². The van der Waals surface area contributed by atoms with Crippen LogP contribution in [0, 0.1) is 0 Å². The third kappa shape index (κ3) is 3.14. The number of nitrogens with two attached hydrogens (primary N) is 1. The predicted molar refractivity (Wildman–Crippen MR) is 77.3 cm³/mol. The van der Waals surface area contributed by atoms with E-state index in [0.717, 1.165) is 12.8 Å². The Labute approximate surface area is 122 Å². The Morgan fingerprint density at radius 2 is 2.05 bits per heavy atom. The van der Waals surface area contributed by atoms with Crippen LogP contribution < -0.4 is 10.5 Å². The summed E-state index contributed by atoms with van der Waals surface area (Å²) in [4.78, 5) is 0. The molecule has 1 aromatic rings. The highest BCUT2D eigenvalue weighted by molar-refractivity contribution is 7.90. The first kappa shape index (κ1) is 14.9. The molecule has 0 bridgehead atoms. The summed E-state index contributed by atoms with van der Waals surface area (Å²) in [5.41, 5.74) is 6.04. The van der Waals surface area contributed by atoms with Gasteiger partial charge in [-0.25, -0.2) is 0 Å². The van der Waals surface area contributed by atoms with Crippen molar-refractivity contribution < 1.29 is 13.6 Å². The molecule has 7 nitrogen and oxygen atoms in total. The number of hydrogen-bond acceptors (Lipinski definition) is 4. The molecule has 0 aromatic heterocycles. The topological polar surface area (TPSA) is 108 Å². The normalized spacial score (nSPS) is 17.4. The van der Waals surface area contributed by atoms with Crippen LogP contribution in [-0.2, 0) is 10.2 Å². The molecule has 2 rings (SSSR count). The lowest BCUT2D eigenvalue weighted by atomic mass is 10.2. The molecule has 20 heavy (non-hydrogen) atoms. The zero-order chi connectivity index (χ0) is 14.8. The summed E-state index contributed by atoms with van der Waals surface area (Å²) in [7, 11) is -3.63. The second-order valence-corrected chi connectivity index (χ2v) is 6.47. The highest BCUT2D eigenvalue weighted by Crippen LogP contribution is 2.25. The van der Waals surface area contributed by atoms with Crippen LogP contribution in [0.15, 0.2) is 23.4 Å². The number of halogens is 1. The summed E-state index contributed by atoms with van der Waals surface area (Å²) >= 11 is 5.97. The van der Waals surface area contributed by atoms with Crippen LogP contribution in [0.3, 0.4) is 0 Å². The average Bonchev–Trinajstić information content (AvgIpc) is 2.95. The smallest absolute Gasteiger partial charge is 0.301 e. The molecular formula is C11H15ClN4O3S. The van der Waals surface area contributed by atoms with Gasteiger partial charge < -0.3 is 10.9 Å². The molecule has 1 aliphatic heterocycles. The molecule has 1 aliphatic rings. The molecule has 0 aliphatic carbocycles. The standard InChI is InChI=1S/C11H15ClN4O3S/c12-9-4-3-8(11(13)14-17)7-10(9)15-20(18,19)16-5-1-2-6-16/h3-4,7,15,17H,1-2,5-6H2,(H2,13,14). The average molecular weight is 319 g/mol. The monoisotopic (exact) mass is 318 g/mol. The van der Waals surface area contributed by atoms with Crippen molar-refractivity contribution in [1.29, 1.82) is 0 Å². The molecular weight excluding hydrogens is 304 g/mol. The quantitative estimate of drug-likeness (QED) is 0.335. The van der Waals surface area contributed by atoms with Crippen molar-refractivity contribution in [3.8, 4) is 0 Å². The Hall–Kier alpha value is -1.51. The number of nitrogens with zero attached hydrogens (tertiary/aromatic N) is 2. The summed E-state index contributed by atoms with van der Waals surface area (Å²) in [6.07, 6.45) is 1.69. The van der Waals surface area contributed by atoms with Crippen LogP contribution in [0.25, 0.3) is 0 Å². The summed E-state index contributed by atoms with van der Waals surface area (Å²) in [5, 5.41) is 11.7. The Bertz CT molecular complexity index is 627. The number of nitrogens with one attached hydrogen (secondary N) is 1. The van der Waals surface area contributed by atoms with E-state index in [9.17, 15) is 8.42 Å². The van der Waals surface area contributed by atoms with Gasteiger partial charge >= 0.3 is 10.2 Å². The minimum Gasteiger partial charge on any atom is -0.409 e. The fourth-order valence-electron chi connectivity index (χ4n) is 1.95. The van der Waals surface area contributed by atoms with E-state index in [1.165, 1.54) is 22.5 Å². The third-order valence-corrected chi connectivity index (χ3v) is 4.87. The number of benzene rings is 1. The fraction of sp³-hybridized carbons (Fsp3) is 0.364. The van der Waals surface area contributed by atoms with E-state index in [-0.39, 0.29) is 16.5 Å². The maximum atomic E-state index is 12.2. The number of hydrogen-bond donors (Lipinski definition) is 3. The zero-order valence-corrected chi connectivity index (χ0v) is 12.2. The number of anilines is 1. The van der Waals surface area contributed by atoms with Gasteiger partial charge in [-0.05, 0) is 31.0 Å². The van der Waals surface area contributed by atoms with Gasteiger partial charge in [-0.15, -0.1) is 0 Å². The maximum absolute atomic E-state index is 12.2. The SMILES string of the molecule is N/C(=N/O)c1ccc(Cl)c(NS(=O)(=O)N2CCCC2)c1. The van der Waals surface area contributed by atoms with Crippen molar-refractivity contribution >= 4 is 33.3 Å². The predicted octanol–water partition coefficient (Wildman–Crippen LogP) is 1.19. The van der Waals surface area contributed by atoms with Crippen molar-refractivity contribution in [3.05, 3.63) is 28.8 Å². The molecule has 1 fully saturated rings. The largest absolute Gasteiger partial charge is 0.409 e. The second kappa shape index (κ2) is 5.86. The second-order valence-electron chi connectivity index (χ2n) is 4.39. The molecule has 0 atom stereocenters. The fourth-order valence-corrected chi connectivity index (χ4v) is 3.49. The first-order valence-corrected chi connectivity index (χ1v) is 7.81. The van der Waals surface area contributed by atoms with Crippen molar-refractivity contribution in [2.24, 2.45) is 10.9 Å². The van der Waals surface area contributed by atoms with Crippen LogP contribution in [0.5, 0.6) is 0 Å². The van der Waals surface area contributed by atoms with E-state index < -0.39 is 10.2 Å². The van der Waals surface area contributed by atoms with Gasteiger partial charge in [0.25, 0.3) is 0 Å². The van der Waals surface area contributed by atoms with Gasteiger partial charge in [0.05, 0.1) is 10.7 Å². The van der Waals surface area contributed by atoms with Gasteiger partial charge in [-0.1, -0.05) is 16.8 Å². The first-order chi connectivity index (χ1) is 9.44. The highest BCUT2D eigenvalue weighted by atomic mass is 35.5. The first-order valence-electron chi connectivity index (χ1n) is 5.99. The van der Waals surface area contributed by atoms with Gasteiger partial charge in [0.2, 0.25) is 0 Å². The van der Waals surface area contributed by atoms with E-state index in [4.69, 9.17) is 22.5 Å². The summed E-state index contributed by atoms with van der Waals surface area (Å²) < 4.78 is 28.1. The lowest BCUT2D eigenvalue weighted by Gasteiger charge is -2.18. The van der Waals surface area contributed by atoms with Crippen molar-refractivity contribution in [1.82, 2.24) is 4.31 Å². The number of amidine groups is 1. The van der Waals surface area contributed by atoms with Gasteiger partial charge in [-0.2, -0.15) is 12.7 Å². The lowest BCUT2D eigenvalue weighted by Crippen LogP contribution is -2.33. The highest BCUT2D eigenvalue weighted by Gasteiger charge is 2.25. The number of oxime groups is 1. The molecule has 0 saturated carbocycles. The Kier molecular flexibility index (Phi) is 4.36. The van der Waals surface area contributed by atoms with Crippen LogP contribution in [-0.4, -0.2) is 36.9 Å². The Morgan fingerprint density at radius 1 is 1.40 bits per heavy atom. The van der Waals surface area contributed by atoms with Gasteiger partial charge in [-0.3, -0.25) is 4.72 Å². The maximum Gasteiger partial charge on any atom is 0.301 e. The summed E-state index contributed by atoms with van der Waals surface area (Å²) in [6, 6.07) is 4.44. The van der Waals surface area contributed by atoms with E-state index in [0.29, 0.717) is 18.7 Å². The summed E-state index contributed by atoms with van der Waals surface area (Å²) in [6.45, 7) is 0.986. The molecule has 4 N–H and O–H groups in total. The van der Waals surface area contributed by atoms with Crippen molar-refractivity contribution in [2.45, 2.75) is 12.8 Å². The third-order valence-electron chi connectivity index (χ3n) is 3.01. The zero-order valence-electron chi connectivity index (χ0n) is 10.6. The molecule has 0 radical (unpaired) electrons. The Balaban J connectivity index is 2.28. The minimum atomic E-state index is -3.63. The molecule has 1 heterocycles. The van der Waals surface area contributed by atoms with E-state index in [1.807, 2.05) is 0 Å². The molecule has 9 heteroatoms. The molecule has 1 saturated heterocycles. The van der Waals surface area contributed by atoms with Gasteiger partial charge in [0, 0.05) is 18.7 Å². The number of rotatable bonds is 4. The van der Waals surface area contributed by atoms with E-state index in [2.05, 4.69) is 9.88 Å². The van der Waals surface area contributed by atoms with Gasteiger partial charge in [0.15, 0.2) is 5.84 Å². The molecule has 0 spiro atoms. The van der Waals surface area contributed by atoms with Crippen LogP contribution in [0.1, 0.15) is 18.4 Å².